The summed E-state index contributed by atoms with van der Waals surface area (Å²) in [6.07, 6.45) is 6.27. The summed E-state index contributed by atoms with van der Waals surface area (Å²) in [7, 11) is 1.67. The molecule has 21 heavy (non-hydrogen) atoms. The molecule has 4 heteroatoms. The number of benzene rings is 1. The summed E-state index contributed by atoms with van der Waals surface area (Å²) in [6.45, 7) is 3.79. The quantitative estimate of drug-likeness (QED) is 0.860. The third-order valence-electron chi connectivity index (χ3n) is 4.30. The van der Waals surface area contributed by atoms with Crippen molar-refractivity contribution >= 4 is 17.3 Å². The fourth-order valence-electron chi connectivity index (χ4n) is 3.04. The van der Waals surface area contributed by atoms with Gasteiger partial charge in [0.1, 0.15) is 5.75 Å². The van der Waals surface area contributed by atoms with Gasteiger partial charge in [0.25, 0.3) is 0 Å². The molecule has 0 unspecified atom stereocenters. The molecule has 2 N–H and O–H groups in total. The lowest BCUT2D eigenvalue weighted by molar-refractivity contribution is -0.114. The molecule has 0 radical (unpaired) electrons. The number of anilines is 2. The molecule has 0 bridgehead atoms. The van der Waals surface area contributed by atoms with E-state index in [4.69, 9.17) is 4.74 Å². The predicted molar refractivity (Wildman–Crippen MR) is 87.0 cm³/mol. The van der Waals surface area contributed by atoms with Crippen LogP contribution in [0.5, 0.6) is 5.75 Å². The smallest absolute Gasteiger partial charge is 0.221 e. The highest BCUT2D eigenvalue weighted by Crippen LogP contribution is 2.33. The second-order valence-electron chi connectivity index (χ2n) is 5.87. The molecular weight excluding hydrogens is 264 g/mol. The Labute approximate surface area is 127 Å². The van der Waals surface area contributed by atoms with E-state index in [1.807, 2.05) is 18.2 Å². The maximum Gasteiger partial charge on any atom is 0.221 e. The average Bonchev–Trinajstić information content (AvgIpc) is 2.48. The van der Waals surface area contributed by atoms with Crippen LogP contribution in [0.15, 0.2) is 18.2 Å². The summed E-state index contributed by atoms with van der Waals surface area (Å²) in [5, 5.41) is 6.40. The summed E-state index contributed by atoms with van der Waals surface area (Å²) in [5.74, 6) is 1.65. The van der Waals surface area contributed by atoms with E-state index in [0.29, 0.717) is 6.04 Å². The van der Waals surface area contributed by atoms with Crippen molar-refractivity contribution in [3.63, 3.8) is 0 Å². The number of ether oxygens (including phenoxy) is 1. The first-order chi connectivity index (χ1) is 10.1. The first kappa shape index (κ1) is 15.7. The Morgan fingerprint density at radius 2 is 2.00 bits per heavy atom. The third-order valence-corrected chi connectivity index (χ3v) is 4.30. The van der Waals surface area contributed by atoms with Gasteiger partial charge in [-0.1, -0.05) is 13.3 Å². The number of carbonyl (C=O) groups excluding carboxylic acids is 1. The van der Waals surface area contributed by atoms with E-state index in [2.05, 4.69) is 17.6 Å². The van der Waals surface area contributed by atoms with Gasteiger partial charge in [0.05, 0.1) is 12.8 Å². The van der Waals surface area contributed by atoms with Gasteiger partial charge >= 0.3 is 0 Å². The Balaban J connectivity index is 2.05. The van der Waals surface area contributed by atoms with E-state index in [-0.39, 0.29) is 5.91 Å². The van der Waals surface area contributed by atoms with Crippen LogP contribution in [0.25, 0.3) is 0 Å². The Kier molecular flexibility index (Phi) is 5.48. The van der Waals surface area contributed by atoms with Crippen molar-refractivity contribution in [2.45, 2.75) is 52.0 Å². The Hall–Kier alpha value is -1.71. The van der Waals surface area contributed by atoms with Crippen molar-refractivity contribution in [3.8, 4) is 5.75 Å². The van der Waals surface area contributed by atoms with Crippen LogP contribution in [0.4, 0.5) is 11.4 Å². The molecule has 1 aromatic rings. The van der Waals surface area contributed by atoms with Crippen LogP contribution in [0.2, 0.25) is 0 Å². The number of nitrogens with one attached hydrogen (secondary N) is 2. The van der Waals surface area contributed by atoms with Crippen molar-refractivity contribution in [3.05, 3.63) is 18.2 Å². The predicted octanol–water partition coefficient (Wildman–Crippen LogP) is 4.03. The molecule has 0 aromatic heterocycles. The van der Waals surface area contributed by atoms with Crippen LogP contribution >= 0.6 is 0 Å². The molecule has 0 saturated heterocycles. The third kappa shape index (κ3) is 4.38. The number of rotatable bonds is 5. The first-order valence-electron chi connectivity index (χ1n) is 7.84. The van der Waals surface area contributed by atoms with Crippen LogP contribution in [0, 0.1) is 5.92 Å². The lowest BCUT2D eigenvalue weighted by Crippen LogP contribution is -2.26. The number of hydrogen-bond acceptors (Lipinski definition) is 3. The van der Waals surface area contributed by atoms with E-state index < -0.39 is 0 Å². The van der Waals surface area contributed by atoms with Crippen molar-refractivity contribution in [1.82, 2.24) is 0 Å². The van der Waals surface area contributed by atoms with Gasteiger partial charge in [-0.2, -0.15) is 0 Å². The molecule has 0 atom stereocenters. The van der Waals surface area contributed by atoms with E-state index in [1.165, 1.54) is 39.0 Å². The van der Waals surface area contributed by atoms with Gasteiger partial charge in [-0.15, -0.1) is 0 Å². The molecule has 0 heterocycles. The van der Waals surface area contributed by atoms with Crippen molar-refractivity contribution in [1.29, 1.82) is 0 Å². The van der Waals surface area contributed by atoms with Crippen LogP contribution in [-0.2, 0) is 4.79 Å². The second-order valence-corrected chi connectivity index (χ2v) is 5.87. The molecular formula is C17H26N2O2. The summed E-state index contributed by atoms with van der Waals surface area (Å²) in [5.41, 5.74) is 1.76. The Morgan fingerprint density at radius 1 is 1.29 bits per heavy atom. The van der Waals surface area contributed by atoms with Crippen LogP contribution in [0.3, 0.4) is 0 Å². The molecule has 4 nitrogen and oxygen atoms in total. The van der Waals surface area contributed by atoms with Crippen LogP contribution in [0.1, 0.15) is 46.0 Å². The Bertz CT molecular complexity index is 480. The highest BCUT2D eigenvalue weighted by atomic mass is 16.5. The van der Waals surface area contributed by atoms with E-state index in [0.717, 1.165) is 23.0 Å². The molecule has 1 saturated carbocycles. The molecule has 0 spiro atoms. The SMILES string of the molecule is CCC1CCC(Nc2cc(NC(C)=O)ccc2OC)CC1. The maximum atomic E-state index is 11.2. The number of hydrogen-bond donors (Lipinski definition) is 2. The molecule has 2 rings (SSSR count). The fourth-order valence-corrected chi connectivity index (χ4v) is 3.04. The zero-order chi connectivity index (χ0) is 15.2. The van der Waals surface area contributed by atoms with E-state index in [1.54, 1.807) is 7.11 Å². The van der Waals surface area contributed by atoms with E-state index in [9.17, 15) is 4.79 Å². The van der Waals surface area contributed by atoms with Gasteiger partial charge in [0.15, 0.2) is 0 Å². The normalized spacial score (nSPS) is 21.7. The summed E-state index contributed by atoms with van der Waals surface area (Å²) in [6, 6.07) is 6.20. The molecule has 1 aliphatic rings. The van der Waals surface area contributed by atoms with E-state index >= 15 is 0 Å². The molecule has 1 aliphatic carbocycles. The number of methoxy groups -OCH3 is 1. The highest BCUT2D eigenvalue weighted by Gasteiger charge is 2.20. The number of amides is 1. The van der Waals surface area contributed by atoms with Crippen molar-refractivity contribution in [2.75, 3.05) is 17.7 Å². The lowest BCUT2D eigenvalue weighted by atomic mass is 9.84. The topological polar surface area (TPSA) is 50.4 Å². The summed E-state index contributed by atoms with van der Waals surface area (Å²) >= 11 is 0. The van der Waals surface area contributed by atoms with Gasteiger partial charge < -0.3 is 15.4 Å². The molecule has 116 valence electrons. The van der Waals surface area contributed by atoms with Gasteiger partial charge in [-0.25, -0.2) is 0 Å². The van der Waals surface area contributed by atoms with Crippen LogP contribution in [-0.4, -0.2) is 19.1 Å². The number of carbonyl (C=O) groups is 1. The zero-order valence-electron chi connectivity index (χ0n) is 13.2. The fraction of sp³-hybridized carbons (Fsp3) is 0.588. The van der Waals surface area contributed by atoms with Crippen LogP contribution < -0.4 is 15.4 Å². The van der Waals surface area contributed by atoms with Gasteiger partial charge in [-0.3, -0.25) is 4.79 Å². The summed E-state index contributed by atoms with van der Waals surface area (Å²) < 4.78 is 5.41. The van der Waals surface area contributed by atoms with Gasteiger partial charge in [0.2, 0.25) is 5.91 Å². The van der Waals surface area contributed by atoms with Gasteiger partial charge in [-0.05, 0) is 49.8 Å². The highest BCUT2D eigenvalue weighted by molar-refractivity contribution is 5.89. The first-order valence-corrected chi connectivity index (χ1v) is 7.84. The molecule has 1 fully saturated rings. The molecule has 0 aliphatic heterocycles. The Morgan fingerprint density at radius 3 is 2.57 bits per heavy atom. The van der Waals surface area contributed by atoms with Crippen molar-refractivity contribution in [2.24, 2.45) is 5.92 Å². The molecule has 1 amide bonds. The summed E-state index contributed by atoms with van der Waals surface area (Å²) in [4.78, 5) is 11.2. The molecule has 1 aromatic carbocycles. The lowest BCUT2D eigenvalue weighted by Gasteiger charge is -2.29. The maximum absolute atomic E-state index is 11.2. The second kappa shape index (κ2) is 7.34. The minimum Gasteiger partial charge on any atom is -0.495 e. The van der Waals surface area contributed by atoms with Crippen molar-refractivity contribution < 1.29 is 9.53 Å². The largest absolute Gasteiger partial charge is 0.495 e. The minimum atomic E-state index is -0.0606. The average molecular weight is 290 g/mol. The monoisotopic (exact) mass is 290 g/mol. The van der Waals surface area contributed by atoms with Gasteiger partial charge in [0, 0.05) is 18.7 Å². The standard InChI is InChI=1S/C17H26N2O2/c1-4-13-5-7-14(8-6-13)19-16-11-15(18-12(2)20)9-10-17(16)21-3/h9-11,13-14,19H,4-8H2,1-3H3,(H,18,20). The zero-order valence-corrected chi connectivity index (χ0v) is 13.2. The minimum absolute atomic E-state index is 0.0606.